The molecule has 2 nitrogen and oxygen atoms in total. The van der Waals surface area contributed by atoms with Crippen LogP contribution in [-0.4, -0.2) is 5.60 Å². The largest absolute Gasteiger partial charge is 0.487 e. The van der Waals surface area contributed by atoms with Gasteiger partial charge in [0.1, 0.15) is 17.2 Å². The highest BCUT2D eigenvalue weighted by Crippen LogP contribution is 2.49. The Kier molecular flexibility index (Phi) is 2.86. The summed E-state index contributed by atoms with van der Waals surface area (Å²) in [5.41, 5.74) is 7.43. The summed E-state index contributed by atoms with van der Waals surface area (Å²) in [5.74, 6) is 0.401. The fourth-order valence-electron chi connectivity index (χ4n) is 3.38. The zero-order chi connectivity index (χ0) is 13.7. The van der Waals surface area contributed by atoms with Gasteiger partial charge in [0.15, 0.2) is 0 Å². The molecule has 104 valence electrons. The molecule has 1 fully saturated rings. The molecule has 1 spiro atoms. The molecule has 3 rings (SSSR count). The second kappa shape index (κ2) is 4.20. The van der Waals surface area contributed by atoms with E-state index in [2.05, 4.69) is 13.8 Å². The first-order valence-corrected chi connectivity index (χ1v) is 7.13. The Morgan fingerprint density at radius 3 is 2.58 bits per heavy atom. The van der Waals surface area contributed by atoms with Crippen LogP contribution < -0.4 is 10.5 Å². The third-order valence-electron chi connectivity index (χ3n) is 4.81. The van der Waals surface area contributed by atoms with Crippen molar-refractivity contribution in [3.63, 3.8) is 0 Å². The van der Waals surface area contributed by atoms with E-state index in [0.717, 1.165) is 37.7 Å². The van der Waals surface area contributed by atoms with Gasteiger partial charge in [0, 0.05) is 24.1 Å². The molecule has 1 aliphatic heterocycles. The number of nitrogens with two attached hydrogens (primary N) is 1. The van der Waals surface area contributed by atoms with Crippen LogP contribution in [0.5, 0.6) is 5.75 Å². The molecule has 0 aromatic heterocycles. The zero-order valence-corrected chi connectivity index (χ0v) is 11.7. The second-order valence-electron chi connectivity index (χ2n) is 6.94. The average molecular weight is 263 g/mol. The van der Waals surface area contributed by atoms with Crippen molar-refractivity contribution in [1.82, 2.24) is 0 Å². The minimum atomic E-state index is -0.251. The summed E-state index contributed by atoms with van der Waals surface area (Å²) < 4.78 is 19.6. The van der Waals surface area contributed by atoms with Gasteiger partial charge in [-0.15, -0.1) is 0 Å². The molecular formula is C16H22FNO. The molecule has 1 aromatic carbocycles. The Morgan fingerprint density at radius 2 is 1.89 bits per heavy atom. The lowest BCUT2D eigenvalue weighted by Gasteiger charge is -2.47. The number of rotatable bonds is 0. The van der Waals surface area contributed by atoms with E-state index in [1.165, 1.54) is 12.1 Å². The molecule has 1 unspecified atom stereocenters. The summed E-state index contributed by atoms with van der Waals surface area (Å²) >= 11 is 0. The number of fused-ring (bicyclic) bond motifs is 1. The highest BCUT2D eigenvalue weighted by atomic mass is 19.1. The molecule has 0 radical (unpaired) electrons. The van der Waals surface area contributed by atoms with E-state index in [-0.39, 0.29) is 17.5 Å². The Bertz CT molecular complexity index is 488. The van der Waals surface area contributed by atoms with E-state index < -0.39 is 0 Å². The van der Waals surface area contributed by atoms with Crippen molar-refractivity contribution in [2.75, 3.05) is 0 Å². The summed E-state index contributed by atoms with van der Waals surface area (Å²) in [6.07, 6.45) is 5.17. The number of hydrogen-bond acceptors (Lipinski definition) is 2. The van der Waals surface area contributed by atoms with Crippen molar-refractivity contribution >= 4 is 0 Å². The van der Waals surface area contributed by atoms with Crippen LogP contribution >= 0.6 is 0 Å². The zero-order valence-electron chi connectivity index (χ0n) is 11.7. The monoisotopic (exact) mass is 263 g/mol. The number of benzene rings is 1. The molecule has 2 aliphatic rings. The predicted molar refractivity (Wildman–Crippen MR) is 73.6 cm³/mol. The SMILES string of the molecule is CC1(C)CCC2(CC1)CC(N)c1ccc(F)cc1O2. The van der Waals surface area contributed by atoms with Gasteiger partial charge in [0.2, 0.25) is 0 Å². The lowest BCUT2D eigenvalue weighted by atomic mass is 9.68. The summed E-state index contributed by atoms with van der Waals surface area (Å²) in [4.78, 5) is 0. The summed E-state index contributed by atoms with van der Waals surface area (Å²) in [5, 5.41) is 0. The maximum Gasteiger partial charge on any atom is 0.127 e. The molecule has 2 N–H and O–H groups in total. The molecule has 19 heavy (non-hydrogen) atoms. The molecule has 3 heteroatoms. The molecule has 0 saturated heterocycles. The van der Waals surface area contributed by atoms with E-state index >= 15 is 0 Å². The van der Waals surface area contributed by atoms with Crippen molar-refractivity contribution < 1.29 is 9.13 Å². The molecule has 1 saturated carbocycles. The number of ether oxygens (including phenoxy) is 1. The van der Waals surface area contributed by atoms with E-state index in [4.69, 9.17) is 10.5 Å². The summed E-state index contributed by atoms with van der Waals surface area (Å²) in [7, 11) is 0. The van der Waals surface area contributed by atoms with E-state index in [9.17, 15) is 4.39 Å². The molecular weight excluding hydrogens is 241 g/mol. The first-order chi connectivity index (χ1) is 8.89. The molecule has 1 heterocycles. The molecule has 1 aromatic rings. The van der Waals surface area contributed by atoms with Crippen molar-refractivity contribution in [3.8, 4) is 5.75 Å². The highest BCUT2D eigenvalue weighted by molar-refractivity contribution is 5.39. The van der Waals surface area contributed by atoms with Gasteiger partial charge < -0.3 is 10.5 Å². The van der Waals surface area contributed by atoms with E-state index in [1.54, 1.807) is 6.07 Å². The van der Waals surface area contributed by atoms with Gasteiger partial charge >= 0.3 is 0 Å². The second-order valence-corrected chi connectivity index (χ2v) is 6.94. The highest BCUT2D eigenvalue weighted by Gasteiger charge is 2.44. The first-order valence-electron chi connectivity index (χ1n) is 7.13. The minimum Gasteiger partial charge on any atom is -0.487 e. The van der Waals surface area contributed by atoms with Crippen molar-refractivity contribution in [1.29, 1.82) is 0 Å². The van der Waals surface area contributed by atoms with E-state index in [1.807, 2.05) is 0 Å². The van der Waals surface area contributed by atoms with Crippen molar-refractivity contribution in [2.45, 2.75) is 57.6 Å². The predicted octanol–water partition coefficient (Wildman–Crippen LogP) is 3.95. The van der Waals surface area contributed by atoms with Crippen LogP contribution in [0.1, 0.15) is 57.6 Å². The Labute approximate surface area is 114 Å². The van der Waals surface area contributed by atoms with Crippen LogP contribution in [0, 0.1) is 11.2 Å². The average Bonchev–Trinajstić information content (AvgIpc) is 2.33. The van der Waals surface area contributed by atoms with Crippen LogP contribution in [0.15, 0.2) is 18.2 Å². The number of hydrogen-bond donors (Lipinski definition) is 1. The van der Waals surface area contributed by atoms with Crippen LogP contribution in [0.25, 0.3) is 0 Å². The van der Waals surface area contributed by atoms with Gasteiger partial charge in [0.25, 0.3) is 0 Å². The van der Waals surface area contributed by atoms with Crippen LogP contribution in [0.2, 0.25) is 0 Å². The third-order valence-corrected chi connectivity index (χ3v) is 4.81. The van der Waals surface area contributed by atoms with E-state index in [0.29, 0.717) is 11.2 Å². The van der Waals surface area contributed by atoms with Gasteiger partial charge in [-0.2, -0.15) is 0 Å². The van der Waals surface area contributed by atoms with Crippen LogP contribution in [0.3, 0.4) is 0 Å². The molecule has 0 amide bonds. The molecule has 1 aliphatic carbocycles. The Morgan fingerprint density at radius 1 is 1.21 bits per heavy atom. The van der Waals surface area contributed by atoms with Crippen LogP contribution in [0.4, 0.5) is 4.39 Å². The quantitative estimate of drug-likeness (QED) is 0.769. The van der Waals surface area contributed by atoms with Crippen LogP contribution in [-0.2, 0) is 0 Å². The summed E-state index contributed by atoms with van der Waals surface area (Å²) in [6, 6.07) is 4.67. The fourth-order valence-corrected chi connectivity index (χ4v) is 3.38. The maximum absolute atomic E-state index is 13.4. The number of halogens is 1. The van der Waals surface area contributed by atoms with Gasteiger partial charge in [-0.1, -0.05) is 19.9 Å². The minimum absolute atomic E-state index is 0.0365. The third kappa shape index (κ3) is 2.36. The Balaban J connectivity index is 1.88. The first kappa shape index (κ1) is 12.9. The van der Waals surface area contributed by atoms with Crippen molar-refractivity contribution in [3.05, 3.63) is 29.6 Å². The van der Waals surface area contributed by atoms with Crippen molar-refractivity contribution in [2.24, 2.45) is 11.1 Å². The topological polar surface area (TPSA) is 35.2 Å². The smallest absolute Gasteiger partial charge is 0.127 e. The van der Waals surface area contributed by atoms with Gasteiger partial charge in [-0.3, -0.25) is 0 Å². The lowest BCUT2D eigenvalue weighted by Crippen LogP contribution is -2.47. The van der Waals surface area contributed by atoms with Gasteiger partial charge in [-0.05, 0) is 37.2 Å². The fraction of sp³-hybridized carbons (Fsp3) is 0.625. The van der Waals surface area contributed by atoms with Gasteiger partial charge in [0.05, 0.1) is 0 Å². The lowest BCUT2D eigenvalue weighted by molar-refractivity contribution is -0.0262. The maximum atomic E-state index is 13.4. The normalized spacial score (nSPS) is 27.7. The summed E-state index contributed by atoms with van der Waals surface area (Å²) in [6.45, 7) is 4.60. The molecule has 1 atom stereocenters. The standard InChI is InChI=1S/C16H22FNO/c1-15(2)5-7-16(8-6-15)10-13(18)12-4-3-11(17)9-14(12)19-16/h3-4,9,13H,5-8,10,18H2,1-2H3. The van der Waals surface area contributed by atoms with Gasteiger partial charge in [-0.25, -0.2) is 4.39 Å². The Hall–Kier alpha value is -1.09. The molecule has 0 bridgehead atoms.